The zero-order chi connectivity index (χ0) is 7.78. The third-order valence-electron chi connectivity index (χ3n) is 2.21. The van der Waals surface area contributed by atoms with E-state index in [1.807, 2.05) is 0 Å². The zero-order valence-electron chi connectivity index (χ0n) is 6.55. The molecule has 2 heteroatoms. The van der Waals surface area contributed by atoms with Crippen molar-refractivity contribution >= 4 is 5.78 Å². The van der Waals surface area contributed by atoms with Crippen molar-refractivity contribution < 1.29 is 9.90 Å². The Balaban J connectivity index is 2.63. The number of carbonyl (C=O) groups is 1. The Morgan fingerprint density at radius 2 is 2.30 bits per heavy atom. The third kappa shape index (κ3) is 1.37. The van der Waals surface area contributed by atoms with Crippen molar-refractivity contribution in [3.05, 3.63) is 0 Å². The van der Waals surface area contributed by atoms with Gasteiger partial charge in [0.05, 0.1) is 0 Å². The molecule has 0 aromatic rings. The minimum atomic E-state index is -1.03. The van der Waals surface area contributed by atoms with Gasteiger partial charge in [0, 0.05) is 6.42 Å². The van der Waals surface area contributed by atoms with Crippen LogP contribution in [0.15, 0.2) is 0 Å². The van der Waals surface area contributed by atoms with Crippen molar-refractivity contribution in [3.8, 4) is 0 Å². The van der Waals surface area contributed by atoms with Crippen molar-refractivity contribution in [2.24, 2.45) is 5.92 Å². The van der Waals surface area contributed by atoms with E-state index in [9.17, 15) is 9.90 Å². The first-order valence-electron chi connectivity index (χ1n) is 3.78. The molecule has 0 aromatic carbocycles. The lowest BCUT2D eigenvalue weighted by Crippen LogP contribution is -2.40. The van der Waals surface area contributed by atoms with Gasteiger partial charge >= 0.3 is 0 Å². The fourth-order valence-electron chi connectivity index (χ4n) is 1.54. The monoisotopic (exact) mass is 142 g/mol. The number of hydrogen-bond acceptors (Lipinski definition) is 2. The third-order valence-corrected chi connectivity index (χ3v) is 2.21. The molecule has 0 bridgehead atoms. The maximum Gasteiger partial charge on any atom is 0.164 e. The maximum atomic E-state index is 11.0. The lowest BCUT2D eigenvalue weighted by atomic mass is 9.79. The van der Waals surface area contributed by atoms with Gasteiger partial charge in [-0.15, -0.1) is 0 Å². The van der Waals surface area contributed by atoms with Gasteiger partial charge in [-0.05, 0) is 25.7 Å². The average Bonchev–Trinajstić information content (AvgIpc) is 1.78. The predicted octanol–water partition coefficient (Wildman–Crippen LogP) is 1.13. The summed E-state index contributed by atoms with van der Waals surface area (Å²) in [5.74, 6) is 0.498. The second-order valence-corrected chi connectivity index (χ2v) is 3.55. The fourth-order valence-corrected chi connectivity index (χ4v) is 1.54. The number of carbonyl (C=O) groups excluding carboxylic acids is 1. The largest absolute Gasteiger partial charge is 0.382 e. The quantitative estimate of drug-likeness (QED) is 0.550. The molecule has 0 aromatic heterocycles. The number of Topliss-reactive ketones (excluding diaryl/α,β-unsaturated/α-hetero) is 1. The van der Waals surface area contributed by atoms with Crippen LogP contribution in [0.2, 0.25) is 0 Å². The van der Waals surface area contributed by atoms with Crippen molar-refractivity contribution in [2.45, 2.75) is 38.7 Å². The molecule has 0 amide bonds. The highest BCUT2D eigenvalue weighted by Crippen LogP contribution is 2.28. The molecule has 0 unspecified atom stereocenters. The van der Waals surface area contributed by atoms with Crippen LogP contribution >= 0.6 is 0 Å². The molecule has 2 nitrogen and oxygen atoms in total. The van der Waals surface area contributed by atoms with E-state index in [4.69, 9.17) is 0 Å². The van der Waals surface area contributed by atoms with Crippen molar-refractivity contribution in [1.29, 1.82) is 0 Å². The minimum absolute atomic E-state index is 0.00519. The molecular formula is C8H14O2. The fraction of sp³-hybridized carbons (Fsp3) is 0.875. The van der Waals surface area contributed by atoms with Gasteiger partial charge in [-0.3, -0.25) is 4.79 Å². The summed E-state index contributed by atoms with van der Waals surface area (Å²) < 4.78 is 0. The first-order chi connectivity index (χ1) is 4.52. The van der Waals surface area contributed by atoms with Crippen LogP contribution in [0.1, 0.15) is 33.1 Å². The molecule has 0 heterocycles. The molecule has 1 aliphatic carbocycles. The first-order valence-corrected chi connectivity index (χ1v) is 3.78. The lowest BCUT2D eigenvalue weighted by molar-refractivity contribution is -0.140. The SMILES string of the molecule is C[C@@H]1CCC(=O)[C@](C)(O)C1. The van der Waals surface area contributed by atoms with Gasteiger partial charge in [-0.2, -0.15) is 0 Å². The predicted molar refractivity (Wildman–Crippen MR) is 38.6 cm³/mol. The molecule has 0 saturated heterocycles. The number of rotatable bonds is 0. The van der Waals surface area contributed by atoms with Crippen LogP contribution in [0.25, 0.3) is 0 Å². The van der Waals surface area contributed by atoms with Gasteiger partial charge in [0.1, 0.15) is 5.60 Å². The van der Waals surface area contributed by atoms with Crippen LogP contribution < -0.4 is 0 Å². The van der Waals surface area contributed by atoms with Gasteiger partial charge in [0.15, 0.2) is 5.78 Å². The smallest absolute Gasteiger partial charge is 0.164 e. The summed E-state index contributed by atoms with van der Waals surface area (Å²) in [5, 5.41) is 9.46. The Bertz CT molecular complexity index is 149. The first kappa shape index (κ1) is 7.73. The Labute approximate surface area is 61.2 Å². The highest BCUT2D eigenvalue weighted by Gasteiger charge is 2.35. The molecule has 1 N–H and O–H groups in total. The molecule has 1 saturated carbocycles. The summed E-state index contributed by atoms with van der Waals surface area (Å²) in [4.78, 5) is 11.0. The standard InChI is InChI=1S/C8H14O2/c1-6-3-4-7(9)8(2,10)5-6/h6,10H,3-5H2,1-2H3/t6-,8-/m1/s1. The van der Waals surface area contributed by atoms with E-state index in [0.29, 0.717) is 18.8 Å². The van der Waals surface area contributed by atoms with Gasteiger partial charge in [-0.1, -0.05) is 6.92 Å². The van der Waals surface area contributed by atoms with Gasteiger partial charge in [0.25, 0.3) is 0 Å². The van der Waals surface area contributed by atoms with Gasteiger partial charge in [-0.25, -0.2) is 0 Å². The Morgan fingerprint density at radius 3 is 2.70 bits per heavy atom. The van der Waals surface area contributed by atoms with Crippen LogP contribution in [-0.4, -0.2) is 16.5 Å². The molecule has 1 aliphatic rings. The van der Waals surface area contributed by atoms with Crippen molar-refractivity contribution in [1.82, 2.24) is 0 Å². The van der Waals surface area contributed by atoms with Gasteiger partial charge in [0.2, 0.25) is 0 Å². The van der Waals surface area contributed by atoms with E-state index in [-0.39, 0.29) is 5.78 Å². The highest BCUT2D eigenvalue weighted by atomic mass is 16.3. The second kappa shape index (κ2) is 2.35. The second-order valence-electron chi connectivity index (χ2n) is 3.55. The highest BCUT2D eigenvalue weighted by molar-refractivity contribution is 5.87. The van der Waals surface area contributed by atoms with Crippen LogP contribution in [0.3, 0.4) is 0 Å². The zero-order valence-corrected chi connectivity index (χ0v) is 6.55. The number of hydrogen-bond donors (Lipinski definition) is 1. The molecule has 1 fully saturated rings. The van der Waals surface area contributed by atoms with E-state index in [1.165, 1.54) is 0 Å². The van der Waals surface area contributed by atoms with Crippen LogP contribution in [-0.2, 0) is 4.79 Å². The molecule has 0 spiro atoms. The molecule has 2 atom stereocenters. The summed E-state index contributed by atoms with van der Waals surface area (Å²) >= 11 is 0. The van der Waals surface area contributed by atoms with E-state index in [0.717, 1.165) is 6.42 Å². The maximum absolute atomic E-state index is 11.0. The molecule has 0 aliphatic heterocycles. The van der Waals surface area contributed by atoms with E-state index >= 15 is 0 Å². The van der Waals surface area contributed by atoms with E-state index < -0.39 is 5.60 Å². The van der Waals surface area contributed by atoms with Gasteiger partial charge < -0.3 is 5.11 Å². The lowest BCUT2D eigenvalue weighted by Gasteiger charge is -2.30. The Kier molecular flexibility index (Phi) is 1.82. The summed E-state index contributed by atoms with van der Waals surface area (Å²) in [7, 11) is 0. The average molecular weight is 142 g/mol. The Hall–Kier alpha value is -0.370. The van der Waals surface area contributed by atoms with Crippen LogP contribution in [0.4, 0.5) is 0 Å². The minimum Gasteiger partial charge on any atom is -0.382 e. The van der Waals surface area contributed by atoms with E-state index in [1.54, 1.807) is 6.92 Å². The topological polar surface area (TPSA) is 37.3 Å². The van der Waals surface area contributed by atoms with Crippen LogP contribution in [0, 0.1) is 5.92 Å². The van der Waals surface area contributed by atoms with Crippen molar-refractivity contribution in [3.63, 3.8) is 0 Å². The summed E-state index contributed by atoms with van der Waals surface area (Å²) in [6, 6.07) is 0. The summed E-state index contributed by atoms with van der Waals surface area (Å²) in [5.41, 5.74) is -1.03. The summed E-state index contributed by atoms with van der Waals surface area (Å²) in [6.45, 7) is 3.69. The molecule has 58 valence electrons. The molecule has 10 heavy (non-hydrogen) atoms. The molecule has 1 rings (SSSR count). The summed E-state index contributed by atoms with van der Waals surface area (Å²) in [6.07, 6.45) is 2.12. The van der Waals surface area contributed by atoms with Crippen LogP contribution in [0.5, 0.6) is 0 Å². The number of ketones is 1. The Morgan fingerprint density at radius 1 is 1.70 bits per heavy atom. The van der Waals surface area contributed by atoms with E-state index in [2.05, 4.69) is 6.92 Å². The number of aliphatic hydroxyl groups is 1. The molecular weight excluding hydrogens is 128 g/mol. The van der Waals surface area contributed by atoms with Crippen molar-refractivity contribution in [2.75, 3.05) is 0 Å². The normalized spacial score (nSPS) is 41.9. The molecule has 0 radical (unpaired) electrons.